The Morgan fingerprint density at radius 2 is 2.00 bits per heavy atom. The van der Waals surface area contributed by atoms with Crippen molar-refractivity contribution in [3.8, 4) is 0 Å². The normalized spacial score (nSPS) is 12.0. The summed E-state index contributed by atoms with van der Waals surface area (Å²) < 4.78 is 0. The van der Waals surface area contributed by atoms with Crippen molar-refractivity contribution in [3.05, 3.63) is 16.5 Å². The number of hydrogen-bond acceptors (Lipinski definition) is 3. The highest BCUT2D eigenvalue weighted by Crippen LogP contribution is 2.37. The molecule has 0 aliphatic heterocycles. The van der Waals surface area contributed by atoms with Crippen LogP contribution >= 0.6 is 11.3 Å². The fraction of sp³-hybridized carbons (Fsp3) is 0.600. The van der Waals surface area contributed by atoms with Crippen LogP contribution in [-0.4, -0.2) is 5.11 Å². The molecule has 0 unspecified atom stereocenters. The van der Waals surface area contributed by atoms with Gasteiger partial charge in [0, 0.05) is 10.4 Å². The Morgan fingerprint density at radius 3 is 2.31 bits per heavy atom. The molecule has 1 aromatic heterocycles. The Kier molecular flexibility index (Phi) is 2.98. The first kappa shape index (κ1) is 10.5. The SMILES string of the molecule is CCC(O)(CC)c1cc(C)sc1N. The molecular weight excluding hydrogens is 182 g/mol. The van der Waals surface area contributed by atoms with Gasteiger partial charge in [-0.1, -0.05) is 13.8 Å². The first-order valence-electron chi connectivity index (χ1n) is 4.62. The van der Waals surface area contributed by atoms with Crippen molar-refractivity contribution < 1.29 is 5.11 Å². The lowest BCUT2D eigenvalue weighted by Gasteiger charge is -2.24. The topological polar surface area (TPSA) is 46.2 Å². The van der Waals surface area contributed by atoms with Gasteiger partial charge < -0.3 is 10.8 Å². The summed E-state index contributed by atoms with van der Waals surface area (Å²) in [4.78, 5) is 1.16. The molecule has 1 heterocycles. The van der Waals surface area contributed by atoms with Crippen molar-refractivity contribution in [1.82, 2.24) is 0 Å². The molecule has 13 heavy (non-hydrogen) atoms. The fourth-order valence-electron chi connectivity index (χ4n) is 1.53. The first-order chi connectivity index (χ1) is 6.03. The van der Waals surface area contributed by atoms with Gasteiger partial charge in [0.05, 0.1) is 10.6 Å². The van der Waals surface area contributed by atoms with E-state index in [-0.39, 0.29) is 0 Å². The molecule has 0 aromatic carbocycles. The van der Waals surface area contributed by atoms with Gasteiger partial charge in [0.15, 0.2) is 0 Å². The van der Waals surface area contributed by atoms with Crippen LogP contribution in [0.25, 0.3) is 0 Å². The van der Waals surface area contributed by atoms with E-state index in [9.17, 15) is 5.11 Å². The van der Waals surface area contributed by atoms with E-state index in [1.54, 1.807) is 11.3 Å². The summed E-state index contributed by atoms with van der Waals surface area (Å²) in [7, 11) is 0. The Hall–Kier alpha value is -0.540. The molecule has 0 aliphatic carbocycles. The second-order valence-electron chi connectivity index (χ2n) is 3.37. The van der Waals surface area contributed by atoms with E-state index < -0.39 is 5.60 Å². The number of aliphatic hydroxyl groups is 1. The lowest BCUT2D eigenvalue weighted by molar-refractivity contribution is 0.0295. The number of nitrogen functional groups attached to an aromatic ring is 1. The fourth-order valence-corrected chi connectivity index (χ4v) is 2.41. The minimum Gasteiger partial charge on any atom is -0.390 e. The van der Waals surface area contributed by atoms with Gasteiger partial charge in [0.2, 0.25) is 0 Å². The van der Waals surface area contributed by atoms with Gasteiger partial charge in [-0.15, -0.1) is 11.3 Å². The van der Waals surface area contributed by atoms with Gasteiger partial charge in [-0.3, -0.25) is 0 Å². The van der Waals surface area contributed by atoms with E-state index in [4.69, 9.17) is 5.73 Å². The molecule has 0 fully saturated rings. The average molecular weight is 199 g/mol. The predicted octanol–water partition coefficient (Wildman–Crippen LogP) is 2.65. The van der Waals surface area contributed by atoms with Gasteiger partial charge in [0.1, 0.15) is 0 Å². The third-order valence-corrected chi connectivity index (χ3v) is 3.43. The molecule has 0 aliphatic rings. The number of thiophene rings is 1. The van der Waals surface area contributed by atoms with Crippen molar-refractivity contribution >= 4 is 16.3 Å². The van der Waals surface area contributed by atoms with Crippen molar-refractivity contribution in [1.29, 1.82) is 0 Å². The van der Waals surface area contributed by atoms with Gasteiger partial charge in [-0.25, -0.2) is 0 Å². The molecule has 0 radical (unpaired) electrons. The van der Waals surface area contributed by atoms with Gasteiger partial charge in [-0.05, 0) is 25.8 Å². The molecule has 1 aromatic rings. The smallest absolute Gasteiger partial charge is 0.0920 e. The zero-order valence-electron chi connectivity index (χ0n) is 8.42. The highest BCUT2D eigenvalue weighted by molar-refractivity contribution is 7.16. The summed E-state index contributed by atoms with van der Waals surface area (Å²) in [6, 6.07) is 1.99. The maximum atomic E-state index is 10.2. The van der Waals surface area contributed by atoms with E-state index in [1.807, 2.05) is 26.8 Å². The Morgan fingerprint density at radius 1 is 1.46 bits per heavy atom. The lowest BCUT2D eigenvalue weighted by atomic mass is 9.90. The summed E-state index contributed by atoms with van der Waals surface area (Å²) in [5, 5.41) is 11.0. The molecule has 2 nitrogen and oxygen atoms in total. The average Bonchev–Trinajstić information content (AvgIpc) is 2.44. The zero-order chi connectivity index (χ0) is 10.1. The lowest BCUT2D eigenvalue weighted by Crippen LogP contribution is -2.23. The third kappa shape index (κ3) is 1.86. The van der Waals surface area contributed by atoms with Gasteiger partial charge >= 0.3 is 0 Å². The molecule has 0 bridgehead atoms. The van der Waals surface area contributed by atoms with Crippen LogP contribution in [-0.2, 0) is 5.60 Å². The molecule has 1 rings (SSSR count). The van der Waals surface area contributed by atoms with Crippen LogP contribution in [0.3, 0.4) is 0 Å². The van der Waals surface area contributed by atoms with Crippen LogP contribution in [0.4, 0.5) is 5.00 Å². The maximum absolute atomic E-state index is 10.2. The third-order valence-electron chi connectivity index (χ3n) is 2.56. The van der Waals surface area contributed by atoms with Crippen LogP contribution in [0, 0.1) is 6.92 Å². The quantitative estimate of drug-likeness (QED) is 0.786. The number of anilines is 1. The van der Waals surface area contributed by atoms with Crippen molar-refractivity contribution in [2.45, 2.75) is 39.2 Å². The minimum absolute atomic E-state index is 0.712. The number of aryl methyl sites for hydroxylation is 1. The summed E-state index contributed by atoms with van der Waals surface area (Å²) in [5.74, 6) is 0. The molecule has 0 amide bonds. The monoisotopic (exact) mass is 199 g/mol. The standard InChI is InChI=1S/C10H17NOS/c1-4-10(12,5-2)8-6-7(3)13-9(8)11/h6,12H,4-5,11H2,1-3H3. The van der Waals surface area contributed by atoms with Crippen molar-refractivity contribution in [3.63, 3.8) is 0 Å². The Balaban J connectivity index is 3.11. The van der Waals surface area contributed by atoms with Crippen LogP contribution in [0.5, 0.6) is 0 Å². The molecule has 3 heteroatoms. The molecule has 74 valence electrons. The summed E-state index contributed by atoms with van der Waals surface area (Å²) in [6.07, 6.45) is 1.42. The molecule has 0 spiro atoms. The van der Waals surface area contributed by atoms with Crippen LogP contribution in [0.15, 0.2) is 6.07 Å². The number of hydrogen-bond donors (Lipinski definition) is 2. The van der Waals surface area contributed by atoms with E-state index >= 15 is 0 Å². The zero-order valence-corrected chi connectivity index (χ0v) is 9.24. The van der Waals surface area contributed by atoms with E-state index in [2.05, 4.69) is 0 Å². The van der Waals surface area contributed by atoms with Gasteiger partial charge in [-0.2, -0.15) is 0 Å². The highest BCUT2D eigenvalue weighted by Gasteiger charge is 2.28. The van der Waals surface area contributed by atoms with Crippen LogP contribution in [0.1, 0.15) is 37.1 Å². The molecule has 3 N–H and O–H groups in total. The second kappa shape index (κ2) is 3.68. The summed E-state index contributed by atoms with van der Waals surface area (Å²) in [6.45, 7) is 5.97. The largest absolute Gasteiger partial charge is 0.390 e. The Labute approximate surface area is 83.4 Å². The van der Waals surface area contributed by atoms with Gasteiger partial charge in [0.25, 0.3) is 0 Å². The second-order valence-corrected chi connectivity index (χ2v) is 4.66. The summed E-state index contributed by atoms with van der Waals surface area (Å²) in [5.41, 5.74) is 6.01. The minimum atomic E-state index is -0.727. The van der Waals surface area contributed by atoms with Crippen LogP contribution in [0.2, 0.25) is 0 Å². The molecule has 0 saturated heterocycles. The molecule has 0 saturated carbocycles. The van der Waals surface area contributed by atoms with Crippen molar-refractivity contribution in [2.75, 3.05) is 5.73 Å². The van der Waals surface area contributed by atoms with Crippen LogP contribution < -0.4 is 5.73 Å². The predicted molar refractivity (Wildman–Crippen MR) is 57.9 cm³/mol. The van der Waals surface area contributed by atoms with E-state index in [0.29, 0.717) is 12.8 Å². The Bertz CT molecular complexity index is 289. The first-order valence-corrected chi connectivity index (χ1v) is 5.44. The molecular formula is C10H17NOS. The van der Waals surface area contributed by atoms with E-state index in [1.165, 1.54) is 0 Å². The van der Waals surface area contributed by atoms with Crippen molar-refractivity contribution in [2.24, 2.45) is 0 Å². The number of rotatable bonds is 3. The maximum Gasteiger partial charge on any atom is 0.0920 e. The summed E-state index contributed by atoms with van der Waals surface area (Å²) >= 11 is 1.54. The van der Waals surface area contributed by atoms with E-state index in [0.717, 1.165) is 15.4 Å². The number of nitrogens with two attached hydrogens (primary N) is 1. The highest BCUT2D eigenvalue weighted by atomic mass is 32.1. The molecule has 0 atom stereocenters.